The number of hydrogen-bond acceptors (Lipinski definition) is 3. The molecule has 5 fully saturated rings. The van der Waals surface area contributed by atoms with E-state index in [2.05, 4.69) is 68.9 Å². The summed E-state index contributed by atoms with van der Waals surface area (Å²) in [5.74, 6) is 2.52. The molecule has 3 nitrogen and oxygen atoms in total. The largest absolute Gasteiger partial charge is 0.462 e. The second-order valence-electron chi connectivity index (χ2n) is 21.0. The Kier molecular flexibility index (Phi) is 12.5. The van der Waals surface area contributed by atoms with Gasteiger partial charge in [-0.15, -0.1) is 0 Å². The van der Waals surface area contributed by atoms with Gasteiger partial charge in [-0.25, -0.2) is 0 Å². The van der Waals surface area contributed by atoms with Crippen molar-refractivity contribution in [2.75, 3.05) is 0 Å². The predicted molar refractivity (Wildman–Crippen MR) is 211 cm³/mol. The summed E-state index contributed by atoms with van der Waals surface area (Å²) in [7, 11) is 0. The highest BCUT2D eigenvalue weighted by Crippen LogP contribution is 2.81. The summed E-state index contributed by atoms with van der Waals surface area (Å²) >= 11 is 0. The maximum atomic E-state index is 13.3. The number of hydrogen-bond donors (Lipinski definition) is 1. The summed E-state index contributed by atoms with van der Waals surface area (Å²) < 4.78 is 6.35. The minimum absolute atomic E-state index is 0.0544. The van der Waals surface area contributed by atoms with Crippen LogP contribution in [0.25, 0.3) is 0 Å². The molecule has 0 aromatic carbocycles. The van der Waals surface area contributed by atoms with Gasteiger partial charge in [-0.3, -0.25) is 4.79 Å². The number of carbonyl (C=O) groups excluding carboxylic acids is 1. The Morgan fingerprint density at radius 3 is 1.92 bits per heavy atom. The van der Waals surface area contributed by atoms with Gasteiger partial charge in [0.05, 0.1) is 12.5 Å². The summed E-state index contributed by atoms with van der Waals surface area (Å²) in [6, 6.07) is 0. The summed E-state index contributed by atoms with van der Waals surface area (Å²) in [6.07, 6.45) is 27.3. The highest BCUT2D eigenvalue weighted by Gasteiger charge is 2.74. The van der Waals surface area contributed by atoms with Crippen molar-refractivity contribution in [3.8, 4) is 0 Å². The second kappa shape index (κ2) is 15.5. The van der Waals surface area contributed by atoms with Crippen molar-refractivity contribution < 1.29 is 14.6 Å². The number of unbranched alkanes of at least 4 members (excludes halogenated alkanes) is 10. The number of ether oxygens (including phenoxy) is 1. The van der Waals surface area contributed by atoms with Crippen molar-refractivity contribution >= 4 is 5.97 Å². The third-order valence-corrected chi connectivity index (χ3v) is 18.0. The van der Waals surface area contributed by atoms with Gasteiger partial charge in [-0.1, -0.05) is 138 Å². The minimum Gasteiger partial charge on any atom is -0.462 e. The second-order valence-corrected chi connectivity index (χ2v) is 21.0. The van der Waals surface area contributed by atoms with E-state index in [1.54, 1.807) is 0 Å². The first-order valence-electron chi connectivity index (χ1n) is 22.0. The maximum absolute atomic E-state index is 13.3. The van der Waals surface area contributed by atoms with Gasteiger partial charge in [0, 0.05) is 5.41 Å². The van der Waals surface area contributed by atoms with Crippen LogP contribution >= 0.6 is 0 Å². The van der Waals surface area contributed by atoms with E-state index in [4.69, 9.17) is 4.74 Å². The lowest BCUT2D eigenvalue weighted by Crippen LogP contribution is -2.69. The maximum Gasteiger partial charge on any atom is 0.308 e. The fraction of sp³-hybridized carbons (Fsp3) is 0.936. The van der Waals surface area contributed by atoms with Gasteiger partial charge in [0.15, 0.2) is 0 Å². The van der Waals surface area contributed by atoms with Crippen molar-refractivity contribution in [3.05, 3.63) is 12.2 Å². The SMILES string of the molecule is C=C(C)[C@@H]1CC[C@]2(C)CC[C@]3(C)[C@](C)(CCC4[C@@]5(C)CC[C@H](OC(=O)CC(O)CCCCCCCCCCCCC)C(C)(C)C5CC[C@]43C)C12. The molecule has 5 aliphatic rings. The van der Waals surface area contributed by atoms with E-state index in [0.29, 0.717) is 45.8 Å². The Labute approximate surface area is 310 Å². The molecule has 0 aromatic heterocycles. The molecule has 3 heteroatoms. The molecular weight excluding hydrogens is 613 g/mol. The van der Waals surface area contributed by atoms with E-state index in [1.807, 2.05) is 0 Å². The van der Waals surface area contributed by atoms with Gasteiger partial charge in [-0.05, 0) is 128 Å². The lowest BCUT2D eigenvalue weighted by Gasteiger charge is -2.76. The van der Waals surface area contributed by atoms with Crippen molar-refractivity contribution in [1.29, 1.82) is 0 Å². The van der Waals surface area contributed by atoms with Crippen molar-refractivity contribution in [2.24, 2.45) is 56.2 Å². The quantitative estimate of drug-likeness (QED) is 0.0994. The Balaban J connectivity index is 1.15. The van der Waals surface area contributed by atoms with E-state index >= 15 is 0 Å². The fourth-order valence-electron chi connectivity index (χ4n) is 14.9. The van der Waals surface area contributed by atoms with Crippen LogP contribution in [-0.2, 0) is 9.53 Å². The number of rotatable bonds is 16. The number of esters is 1. The van der Waals surface area contributed by atoms with Gasteiger partial charge in [0.25, 0.3) is 0 Å². The molecular formula is C47H82O3. The minimum atomic E-state index is -0.576. The molecule has 0 heterocycles. The molecule has 11 atom stereocenters. The van der Waals surface area contributed by atoms with E-state index in [1.165, 1.54) is 115 Å². The standard InChI is InChI=1S/C47H82O3/c1-11-12-13-14-15-16-17-18-19-20-21-22-35(48)33-40(49)50-39-26-28-44(7)37(42(39,4)5)24-29-45(8)38(44)25-30-46(9)41-36(34(2)3)23-27-43(41,6)31-32-47(45,46)10/h35-39,41,48H,2,11-33H2,1,3-10H3/t35?,36-,37?,38?,39-,41?,43+,44-,45+,46+,47-/m0/s1. The molecule has 0 bridgehead atoms. The van der Waals surface area contributed by atoms with Gasteiger partial charge in [0.1, 0.15) is 6.10 Å². The van der Waals surface area contributed by atoms with Gasteiger partial charge >= 0.3 is 5.97 Å². The molecule has 5 rings (SSSR count). The van der Waals surface area contributed by atoms with Crippen molar-refractivity contribution in [2.45, 2.75) is 222 Å². The molecule has 0 aliphatic heterocycles. The Morgan fingerprint density at radius 1 is 0.720 bits per heavy atom. The molecule has 5 saturated carbocycles. The first kappa shape index (κ1) is 40.4. The molecule has 50 heavy (non-hydrogen) atoms. The van der Waals surface area contributed by atoms with E-state index < -0.39 is 6.10 Å². The van der Waals surface area contributed by atoms with E-state index in [9.17, 15) is 9.90 Å². The molecule has 1 N–H and O–H groups in total. The average molecular weight is 695 g/mol. The Morgan fingerprint density at radius 2 is 1.30 bits per heavy atom. The molecule has 0 saturated heterocycles. The average Bonchev–Trinajstić information content (AvgIpc) is 3.41. The third-order valence-electron chi connectivity index (χ3n) is 18.0. The summed E-state index contributed by atoms with van der Waals surface area (Å²) in [4.78, 5) is 13.3. The van der Waals surface area contributed by atoms with Crippen LogP contribution in [0.5, 0.6) is 0 Å². The lowest BCUT2D eigenvalue weighted by molar-refractivity contribution is -0.277. The van der Waals surface area contributed by atoms with Crippen LogP contribution in [0.4, 0.5) is 0 Å². The number of fused-ring (bicyclic) bond motifs is 7. The number of aliphatic hydroxyl groups excluding tert-OH is 1. The van der Waals surface area contributed by atoms with Gasteiger partial charge in [0.2, 0.25) is 0 Å². The Bertz CT molecular complexity index is 1170. The zero-order valence-electron chi connectivity index (χ0n) is 34.7. The number of allylic oxidation sites excluding steroid dienone is 1. The third kappa shape index (κ3) is 7.08. The summed E-state index contributed by atoms with van der Waals surface area (Å²) in [5, 5.41) is 10.8. The molecule has 5 aliphatic carbocycles. The monoisotopic (exact) mass is 695 g/mol. The lowest BCUT2D eigenvalue weighted by atomic mass is 9.29. The molecule has 0 spiro atoms. The molecule has 0 radical (unpaired) electrons. The predicted octanol–water partition coefficient (Wildman–Crippen LogP) is 13.4. The summed E-state index contributed by atoms with van der Waals surface area (Å²) in [5.41, 5.74) is 3.11. The highest BCUT2D eigenvalue weighted by molar-refractivity contribution is 5.70. The highest BCUT2D eigenvalue weighted by atomic mass is 16.5. The molecule has 288 valence electrons. The summed E-state index contributed by atoms with van der Waals surface area (Å²) in [6.45, 7) is 27.5. The van der Waals surface area contributed by atoms with Crippen LogP contribution < -0.4 is 0 Å². The number of carbonyl (C=O) groups is 1. The Hall–Kier alpha value is -0.830. The van der Waals surface area contributed by atoms with Crippen LogP contribution in [0.2, 0.25) is 0 Å². The normalized spacial score (nSPS) is 42.5. The fourth-order valence-corrected chi connectivity index (χ4v) is 14.9. The smallest absolute Gasteiger partial charge is 0.308 e. The van der Waals surface area contributed by atoms with Gasteiger partial charge in [-0.2, -0.15) is 0 Å². The van der Waals surface area contributed by atoms with E-state index in [0.717, 1.165) is 31.6 Å². The number of aliphatic hydroxyl groups is 1. The van der Waals surface area contributed by atoms with Crippen LogP contribution in [0.3, 0.4) is 0 Å². The van der Waals surface area contributed by atoms with Crippen LogP contribution in [0.1, 0.15) is 210 Å². The van der Waals surface area contributed by atoms with E-state index in [-0.39, 0.29) is 29.3 Å². The van der Waals surface area contributed by atoms with Crippen LogP contribution in [0, 0.1) is 56.2 Å². The molecule has 0 aromatic rings. The first-order valence-corrected chi connectivity index (χ1v) is 22.0. The molecule has 0 amide bonds. The van der Waals surface area contributed by atoms with Crippen LogP contribution in [-0.4, -0.2) is 23.3 Å². The molecule has 4 unspecified atom stereocenters. The first-order chi connectivity index (χ1) is 23.5. The topological polar surface area (TPSA) is 46.5 Å². The van der Waals surface area contributed by atoms with Crippen LogP contribution in [0.15, 0.2) is 12.2 Å². The zero-order valence-corrected chi connectivity index (χ0v) is 34.7. The zero-order chi connectivity index (χ0) is 36.6. The van der Waals surface area contributed by atoms with Crippen molar-refractivity contribution in [1.82, 2.24) is 0 Å². The van der Waals surface area contributed by atoms with Gasteiger partial charge < -0.3 is 9.84 Å². The van der Waals surface area contributed by atoms with Crippen molar-refractivity contribution in [3.63, 3.8) is 0 Å².